The summed E-state index contributed by atoms with van der Waals surface area (Å²) in [6.45, 7) is 0. The molecule has 2 nitrogen and oxygen atoms in total. The number of fused-ring (bicyclic) bond motifs is 4. The third kappa shape index (κ3) is 4.48. The first-order valence-corrected chi connectivity index (χ1v) is 17.3. The molecule has 3 aliphatic carbocycles. The van der Waals surface area contributed by atoms with Gasteiger partial charge in [-0.25, -0.2) is 0 Å². The van der Waals surface area contributed by atoms with Gasteiger partial charge in [0.25, 0.3) is 0 Å². The quantitative estimate of drug-likeness (QED) is 0.185. The fraction of sp³-hybridized carbons (Fsp3) is 0.0638. The third-order valence-corrected chi connectivity index (χ3v) is 10.6. The molecule has 1 unspecified atom stereocenters. The van der Waals surface area contributed by atoms with E-state index in [-0.39, 0.29) is 0 Å². The predicted octanol–water partition coefficient (Wildman–Crippen LogP) is 12.3. The van der Waals surface area contributed by atoms with E-state index in [9.17, 15) is 0 Å². The summed E-state index contributed by atoms with van der Waals surface area (Å²) in [5.74, 6) is 0.414. The van der Waals surface area contributed by atoms with Gasteiger partial charge < -0.3 is 9.47 Å². The Kier molecular flexibility index (Phi) is 6.41. The summed E-state index contributed by atoms with van der Waals surface area (Å²) in [4.78, 5) is 2.38. The molecule has 0 saturated heterocycles. The van der Waals surface area contributed by atoms with Gasteiger partial charge in [-0.2, -0.15) is 0 Å². The fourth-order valence-electron chi connectivity index (χ4n) is 8.28. The molecular formula is C47H34N2. The monoisotopic (exact) mass is 626 g/mol. The molecule has 1 aromatic heterocycles. The highest BCUT2D eigenvalue weighted by Gasteiger charge is 2.32. The Labute approximate surface area is 287 Å². The van der Waals surface area contributed by atoms with Crippen molar-refractivity contribution < 1.29 is 0 Å². The molecular weight excluding hydrogens is 593 g/mol. The average molecular weight is 627 g/mol. The van der Waals surface area contributed by atoms with E-state index in [0.717, 1.165) is 29.9 Å². The average Bonchev–Trinajstić information content (AvgIpc) is 3.36. The van der Waals surface area contributed by atoms with Crippen LogP contribution in [0.2, 0.25) is 0 Å². The lowest BCUT2D eigenvalue weighted by molar-refractivity contribution is 0.750. The summed E-state index contributed by atoms with van der Waals surface area (Å²) in [7, 11) is 0. The van der Waals surface area contributed by atoms with Gasteiger partial charge in [-0.1, -0.05) is 127 Å². The lowest BCUT2D eigenvalue weighted by Gasteiger charge is -2.27. The van der Waals surface area contributed by atoms with Gasteiger partial charge in [0.05, 0.1) is 17.1 Å². The number of benzene rings is 6. The predicted molar refractivity (Wildman–Crippen MR) is 206 cm³/mol. The molecule has 1 atom stereocenters. The Morgan fingerprint density at radius 1 is 0.612 bits per heavy atom. The molecule has 0 fully saturated rings. The number of nitrogens with zero attached hydrogens (tertiary/aromatic N) is 2. The van der Waals surface area contributed by atoms with Crippen LogP contribution in [0.3, 0.4) is 0 Å². The normalized spacial score (nSPS) is 15.6. The van der Waals surface area contributed by atoms with E-state index in [1.54, 1.807) is 0 Å². The Hall–Kier alpha value is -6.12. The zero-order chi connectivity index (χ0) is 32.3. The van der Waals surface area contributed by atoms with E-state index >= 15 is 0 Å². The van der Waals surface area contributed by atoms with Gasteiger partial charge in [-0.15, -0.1) is 0 Å². The number of aromatic nitrogens is 1. The van der Waals surface area contributed by atoms with Gasteiger partial charge in [-0.3, -0.25) is 0 Å². The van der Waals surface area contributed by atoms with Crippen LogP contribution in [0, 0.1) is 5.92 Å². The minimum atomic E-state index is 0.414. The van der Waals surface area contributed by atoms with Crippen LogP contribution in [0.1, 0.15) is 23.2 Å². The maximum Gasteiger partial charge on any atom is 0.0613 e. The smallest absolute Gasteiger partial charge is 0.0613 e. The Bertz CT molecular complexity index is 2470. The lowest BCUT2D eigenvalue weighted by Crippen LogP contribution is -2.11. The van der Waals surface area contributed by atoms with Crippen LogP contribution in [0.4, 0.5) is 17.1 Å². The van der Waals surface area contributed by atoms with Crippen LogP contribution in [0.5, 0.6) is 0 Å². The highest BCUT2D eigenvalue weighted by Crippen LogP contribution is 2.49. The molecule has 6 aromatic carbocycles. The number of hydrogen-bond donors (Lipinski definition) is 0. The van der Waals surface area contributed by atoms with E-state index in [4.69, 9.17) is 0 Å². The van der Waals surface area contributed by atoms with Crippen molar-refractivity contribution in [1.82, 2.24) is 4.57 Å². The Morgan fingerprint density at radius 3 is 2.20 bits per heavy atom. The first-order chi connectivity index (χ1) is 24.3. The number of rotatable bonds is 5. The van der Waals surface area contributed by atoms with Crippen molar-refractivity contribution in [3.05, 3.63) is 192 Å². The number of para-hydroxylation sites is 1. The van der Waals surface area contributed by atoms with Gasteiger partial charge in [0, 0.05) is 33.9 Å². The highest BCUT2D eigenvalue weighted by atomic mass is 15.1. The molecule has 0 spiro atoms. The van der Waals surface area contributed by atoms with Crippen molar-refractivity contribution in [3.8, 4) is 28.1 Å². The summed E-state index contributed by atoms with van der Waals surface area (Å²) in [6.07, 6.45) is 11.6. The van der Waals surface area contributed by atoms with Crippen molar-refractivity contribution in [3.63, 3.8) is 0 Å². The molecule has 7 aromatic rings. The molecule has 0 N–H and O–H groups in total. The molecule has 2 bridgehead atoms. The summed E-state index contributed by atoms with van der Waals surface area (Å²) in [6, 6.07) is 55.3. The zero-order valence-corrected chi connectivity index (χ0v) is 27.1. The Balaban J connectivity index is 1.20. The van der Waals surface area contributed by atoms with E-state index in [2.05, 4.69) is 185 Å². The summed E-state index contributed by atoms with van der Waals surface area (Å²) >= 11 is 0. The van der Waals surface area contributed by atoms with Crippen LogP contribution in [-0.4, -0.2) is 4.57 Å². The van der Waals surface area contributed by atoms with Gasteiger partial charge >= 0.3 is 0 Å². The maximum atomic E-state index is 2.52. The van der Waals surface area contributed by atoms with Crippen LogP contribution in [0.25, 0.3) is 50.5 Å². The van der Waals surface area contributed by atoms with Crippen molar-refractivity contribution >= 4 is 39.5 Å². The number of anilines is 3. The molecule has 0 radical (unpaired) electrons. The van der Waals surface area contributed by atoms with Gasteiger partial charge in [0.2, 0.25) is 0 Å². The number of hydrogen-bond acceptors (Lipinski definition) is 1. The van der Waals surface area contributed by atoms with E-state index in [0.29, 0.717) is 5.92 Å². The van der Waals surface area contributed by atoms with Gasteiger partial charge in [0.1, 0.15) is 0 Å². The van der Waals surface area contributed by atoms with Crippen LogP contribution in [0.15, 0.2) is 175 Å². The van der Waals surface area contributed by atoms with Crippen molar-refractivity contribution in [2.45, 2.75) is 12.8 Å². The molecule has 0 amide bonds. The fourth-order valence-corrected chi connectivity index (χ4v) is 8.28. The van der Waals surface area contributed by atoms with Crippen molar-refractivity contribution in [1.29, 1.82) is 0 Å². The topological polar surface area (TPSA) is 8.17 Å². The summed E-state index contributed by atoms with van der Waals surface area (Å²) in [5.41, 5.74) is 16.7. The highest BCUT2D eigenvalue weighted by molar-refractivity contribution is 5.99. The van der Waals surface area contributed by atoms with E-state index < -0.39 is 0 Å². The summed E-state index contributed by atoms with van der Waals surface area (Å²) < 4.78 is 2.52. The minimum Gasteiger partial charge on any atom is -0.310 e. The second-order valence-corrected chi connectivity index (χ2v) is 13.3. The van der Waals surface area contributed by atoms with Gasteiger partial charge in [0.15, 0.2) is 0 Å². The lowest BCUT2D eigenvalue weighted by atomic mass is 9.84. The van der Waals surface area contributed by atoms with Crippen molar-refractivity contribution in [2.75, 3.05) is 4.90 Å². The first kappa shape index (κ1) is 27.9. The molecule has 0 saturated carbocycles. The third-order valence-electron chi connectivity index (χ3n) is 10.6. The SMILES string of the molecule is C1=CC2=C3Cc4c(cccc4-c4cc(-c5ccccc5)n(-c5ccc(N(c6ccccc6)c6cccc7ccccc67)cc5)c42)C=CC3C1. The molecule has 2 heteroatoms. The van der Waals surface area contributed by atoms with E-state index in [1.165, 1.54) is 66.8 Å². The molecule has 3 aliphatic rings. The van der Waals surface area contributed by atoms with Crippen molar-refractivity contribution in [2.24, 2.45) is 5.92 Å². The van der Waals surface area contributed by atoms with Gasteiger partial charge in [-0.05, 0) is 100 Å². The molecule has 1 heterocycles. The second kappa shape index (κ2) is 11.2. The molecule has 232 valence electrons. The molecule has 49 heavy (non-hydrogen) atoms. The number of allylic oxidation sites excluding steroid dienone is 5. The molecule has 0 aliphatic heterocycles. The molecule has 10 rings (SSSR count). The van der Waals surface area contributed by atoms with Crippen LogP contribution >= 0.6 is 0 Å². The van der Waals surface area contributed by atoms with Crippen LogP contribution in [-0.2, 0) is 6.42 Å². The maximum absolute atomic E-state index is 2.52. The standard InChI is InChI=1S/C47H34N2/c1-3-13-35(14-4-1)46-31-44-40-21-9-15-33-24-25-34-16-10-22-41(43(34)30-42(33)40)47(44)49(46)38-28-26-37(27-29-38)48(36-18-5-2-6-19-36)45-23-11-17-32-12-7-8-20-39(32)45/h1-15,17-29,31,34H,16,30H2. The summed E-state index contributed by atoms with van der Waals surface area (Å²) in [5, 5.41) is 2.46. The first-order valence-electron chi connectivity index (χ1n) is 17.3. The van der Waals surface area contributed by atoms with Crippen LogP contribution < -0.4 is 4.90 Å². The Morgan fingerprint density at radius 2 is 1.35 bits per heavy atom. The minimum absolute atomic E-state index is 0.414. The van der Waals surface area contributed by atoms with E-state index in [1.807, 2.05) is 0 Å². The second-order valence-electron chi connectivity index (χ2n) is 13.3. The zero-order valence-electron chi connectivity index (χ0n) is 27.1. The largest absolute Gasteiger partial charge is 0.310 e.